The van der Waals surface area contributed by atoms with Crippen molar-refractivity contribution in [3.63, 3.8) is 0 Å². The van der Waals surface area contributed by atoms with Gasteiger partial charge in [-0.3, -0.25) is 0 Å². The van der Waals surface area contributed by atoms with Gasteiger partial charge in [0.2, 0.25) is 0 Å². The Morgan fingerprint density at radius 1 is 1.13 bits per heavy atom. The van der Waals surface area contributed by atoms with Crippen molar-refractivity contribution in [3.05, 3.63) is 54.6 Å². The van der Waals surface area contributed by atoms with E-state index in [2.05, 4.69) is 5.32 Å². The third-order valence-corrected chi connectivity index (χ3v) is 4.46. The van der Waals surface area contributed by atoms with Crippen molar-refractivity contribution in [2.24, 2.45) is 5.92 Å². The summed E-state index contributed by atoms with van der Waals surface area (Å²) in [6.45, 7) is 3.09. The van der Waals surface area contributed by atoms with Gasteiger partial charge >= 0.3 is 6.03 Å². The topological polar surface area (TPSA) is 52.6 Å². The second-order valence-corrected chi connectivity index (χ2v) is 6.12. The monoisotopic (exact) mass is 310 g/mol. The lowest BCUT2D eigenvalue weighted by molar-refractivity contribution is 0.0464. The van der Waals surface area contributed by atoms with E-state index in [1.54, 1.807) is 4.90 Å². The van der Waals surface area contributed by atoms with Gasteiger partial charge in [0.05, 0.1) is 11.8 Å². The van der Waals surface area contributed by atoms with Crippen molar-refractivity contribution in [1.82, 2.24) is 4.90 Å². The standard InChI is InChI=1S/C19H22N2O2/c1-14-11-12-21(13-18(14)22)19(23)20-17-10-6-5-9-16(17)15-7-3-2-4-8-15/h2-10,14,18,22H,11-13H2,1H3,(H,20,23). The van der Waals surface area contributed by atoms with Gasteiger partial charge in [0.1, 0.15) is 0 Å². The van der Waals surface area contributed by atoms with E-state index in [0.717, 1.165) is 23.2 Å². The van der Waals surface area contributed by atoms with Gasteiger partial charge < -0.3 is 15.3 Å². The molecule has 0 bridgehead atoms. The highest BCUT2D eigenvalue weighted by atomic mass is 16.3. The highest BCUT2D eigenvalue weighted by Gasteiger charge is 2.27. The van der Waals surface area contributed by atoms with Crippen LogP contribution in [0.4, 0.5) is 10.5 Å². The Bertz CT molecular complexity index is 672. The fourth-order valence-electron chi connectivity index (χ4n) is 2.89. The number of amides is 2. The molecule has 2 amide bonds. The molecule has 0 spiro atoms. The summed E-state index contributed by atoms with van der Waals surface area (Å²) in [7, 11) is 0. The number of hydrogen-bond acceptors (Lipinski definition) is 2. The van der Waals surface area contributed by atoms with Crippen LogP contribution in [0, 0.1) is 5.92 Å². The number of para-hydroxylation sites is 1. The smallest absolute Gasteiger partial charge is 0.321 e. The van der Waals surface area contributed by atoms with E-state index in [-0.39, 0.29) is 11.9 Å². The number of nitrogens with one attached hydrogen (secondary N) is 1. The van der Waals surface area contributed by atoms with Gasteiger partial charge in [-0.15, -0.1) is 0 Å². The zero-order valence-corrected chi connectivity index (χ0v) is 13.3. The SMILES string of the molecule is CC1CCN(C(=O)Nc2ccccc2-c2ccccc2)CC1O. The number of benzene rings is 2. The molecule has 2 aromatic carbocycles. The molecule has 1 heterocycles. The first-order valence-electron chi connectivity index (χ1n) is 8.03. The van der Waals surface area contributed by atoms with Gasteiger partial charge in [-0.25, -0.2) is 4.79 Å². The number of carbonyl (C=O) groups is 1. The zero-order chi connectivity index (χ0) is 16.2. The molecule has 2 aromatic rings. The van der Waals surface area contributed by atoms with Gasteiger partial charge in [0.25, 0.3) is 0 Å². The second kappa shape index (κ2) is 6.84. The molecule has 1 saturated heterocycles. The highest BCUT2D eigenvalue weighted by molar-refractivity contribution is 5.94. The Kier molecular flexibility index (Phi) is 4.63. The number of piperidine rings is 1. The van der Waals surface area contributed by atoms with E-state index < -0.39 is 6.10 Å². The molecule has 0 aromatic heterocycles. The maximum atomic E-state index is 12.5. The molecule has 3 rings (SSSR count). The number of β-amino-alcohol motifs (C(OH)–C–C–N with tert-alkyl or cyclic N) is 1. The molecule has 0 saturated carbocycles. The molecule has 1 aliphatic rings. The Hall–Kier alpha value is -2.33. The Morgan fingerprint density at radius 3 is 2.57 bits per heavy atom. The molecular weight excluding hydrogens is 288 g/mol. The van der Waals surface area contributed by atoms with Crippen molar-refractivity contribution in [3.8, 4) is 11.1 Å². The lowest BCUT2D eigenvalue weighted by Crippen LogP contribution is -2.47. The van der Waals surface area contributed by atoms with Crippen LogP contribution in [0.25, 0.3) is 11.1 Å². The third-order valence-electron chi connectivity index (χ3n) is 4.46. The van der Waals surface area contributed by atoms with Crippen LogP contribution in [0.15, 0.2) is 54.6 Å². The molecule has 4 nitrogen and oxygen atoms in total. The van der Waals surface area contributed by atoms with E-state index in [9.17, 15) is 9.90 Å². The number of rotatable bonds is 2. The maximum absolute atomic E-state index is 12.5. The number of anilines is 1. The van der Waals surface area contributed by atoms with E-state index in [0.29, 0.717) is 13.1 Å². The van der Waals surface area contributed by atoms with E-state index in [4.69, 9.17) is 0 Å². The predicted octanol–water partition coefficient (Wildman–Crippen LogP) is 3.59. The summed E-state index contributed by atoms with van der Waals surface area (Å²) in [5, 5.41) is 13.0. The minimum Gasteiger partial charge on any atom is -0.391 e. The number of aliphatic hydroxyl groups excluding tert-OH is 1. The average molecular weight is 310 g/mol. The summed E-state index contributed by atoms with van der Waals surface area (Å²) >= 11 is 0. The van der Waals surface area contributed by atoms with Crippen LogP contribution in [-0.2, 0) is 0 Å². The second-order valence-electron chi connectivity index (χ2n) is 6.12. The average Bonchev–Trinajstić information content (AvgIpc) is 2.58. The zero-order valence-electron chi connectivity index (χ0n) is 13.3. The van der Waals surface area contributed by atoms with E-state index in [1.165, 1.54) is 0 Å². The van der Waals surface area contributed by atoms with Gasteiger partial charge in [-0.05, 0) is 24.0 Å². The third kappa shape index (κ3) is 3.54. The lowest BCUT2D eigenvalue weighted by Gasteiger charge is -2.34. The summed E-state index contributed by atoms with van der Waals surface area (Å²) in [4.78, 5) is 14.2. The largest absolute Gasteiger partial charge is 0.391 e. The molecule has 0 aliphatic carbocycles. The number of nitrogens with zero attached hydrogens (tertiary/aromatic N) is 1. The van der Waals surface area contributed by atoms with Gasteiger partial charge in [0, 0.05) is 18.7 Å². The van der Waals surface area contributed by atoms with Crippen LogP contribution in [-0.4, -0.2) is 35.2 Å². The summed E-state index contributed by atoms with van der Waals surface area (Å²) in [5.74, 6) is 0.246. The molecule has 23 heavy (non-hydrogen) atoms. The molecule has 2 N–H and O–H groups in total. The van der Waals surface area contributed by atoms with Crippen molar-refractivity contribution >= 4 is 11.7 Å². The van der Waals surface area contributed by atoms with Crippen molar-refractivity contribution in [2.75, 3.05) is 18.4 Å². The normalized spacial score (nSPS) is 21.0. The van der Waals surface area contributed by atoms with E-state index in [1.807, 2.05) is 61.5 Å². The van der Waals surface area contributed by atoms with Gasteiger partial charge in [-0.2, -0.15) is 0 Å². The van der Waals surface area contributed by atoms with Gasteiger partial charge in [-0.1, -0.05) is 55.5 Å². The molecule has 1 fully saturated rings. The Labute approximate surface area is 136 Å². The molecule has 2 unspecified atom stereocenters. The van der Waals surface area contributed by atoms with Crippen molar-refractivity contribution < 1.29 is 9.90 Å². The number of likely N-dealkylation sites (tertiary alicyclic amines) is 1. The summed E-state index contributed by atoms with van der Waals surface area (Å²) in [5.41, 5.74) is 2.85. The molecule has 2 atom stereocenters. The number of hydrogen-bond donors (Lipinski definition) is 2. The lowest BCUT2D eigenvalue weighted by atomic mass is 9.96. The van der Waals surface area contributed by atoms with Crippen LogP contribution >= 0.6 is 0 Å². The highest BCUT2D eigenvalue weighted by Crippen LogP contribution is 2.28. The molecule has 120 valence electrons. The molecule has 1 aliphatic heterocycles. The number of carbonyl (C=O) groups excluding carboxylic acids is 1. The first-order chi connectivity index (χ1) is 11.1. The first kappa shape index (κ1) is 15.6. The predicted molar refractivity (Wildman–Crippen MR) is 92.3 cm³/mol. The van der Waals surface area contributed by atoms with Crippen LogP contribution in [0.5, 0.6) is 0 Å². The summed E-state index contributed by atoms with van der Waals surface area (Å²) in [6.07, 6.45) is 0.383. The van der Waals surface area contributed by atoms with Crippen LogP contribution < -0.4 is 5.32 Å². The molecule has 4 heteroatoms. The van der Waals surface area contributed by atoms with Gasteiger partial charge in [0.15, 0.2) is 0 Å². The fourth-order valence-corrected chi connectivity index (χ4v) is 2.89. The minimum atomic E-state index is -0.445. The Balaban J connectivity index is 1.77. The maximum Gasteiger partial charge on any atom is 0.321 e. The van der Waals surface area contributed by atoms with E-state index >= 15 is 0 Å². The first-order valence-corrected chi connectivity index (χ1v) is 8.03. The van der Waals surface area contributed by atoms with Crippen molar-refractivity contribution in [2.45, 2.75) is 19.4 Å². The summed E-state index contributed by atoms with van der Waals surface area (Å²) < 4.78 is 0. The van der Waals surface area contributed by atoms with Crippen LogP contribution in [0.2, 0.25) is 0 Å². The number of aliphatic hydroxyl groups is 1. The Morgan fingerprint density at radius 2 is 1.83 bits per heavy atom. The minimum absolute atomic E-state index is 0.153. The van der Waals surface area contributed by atoms with Crippen molar-refractivity contribution in [1.29, 1.82) is 0 Å². The number of urea groups is 1. The van der Waals surface area contributed by atoms with Crippen LogP contribution in [0.3, 0.4) is 0 Å². The molecular formula is C19H22N2O2. The van der Waals surface area contributed by atoms with Crippen LogP contribution in [0.1, 0.15) is 13.3 Å². The molecule has 0 radical (unpaired) electrons. The quantitative estimate of drug-likeness (QED) is 0.890. The fraction of sp³-hybridized carbons (Fsp3) is 0.316. The summed E-state index contributed by atoms with van der Waals surface area (Å²) in [6, 6.07) is 17.6.